The first-order valence-corrected chi connectivity index (χ1v) is 8.95. The zero-order valence-electron chi connectivity index (χ0n) is 16.1. The summed E-state index contributed by atoms with van der Waals surface area (Å²) in [6, 6.07) is 9.67. The highest BCUT2D eigenvalue weighted by atomic mass is 19.4. The molecule has 2 rings (SSSR count). The Morgan fingerprint density at radius 3 is 2.48 bits per heavy atom. The molecule has 0 saturated carbocycles. The zero-order valence-corrected chi connectivity index (χ0v) is 16.1. The van der Waals surface area contributed by atoms with E-state index in [4.69, 9.17) is 9.47 Å². The van der Waals surface area contributed by atoms with Crippen LogP contribution in [0.4, 0.5) is 13.2 Å². The van der Waals surface area contributed by atoms with E-state index in [0.29, 0.717) is 29.0 Å². The largest absolute Gasteiger partial charge is 0.493 e. The minimum atomic E-state index is -4.42. The van der Waals surface area contributed by atoms with E-state index in [0.717, 1.165) is 12.1 Å². The molecule has 1 amide bonds. The van der Waals surface area contributed by atoms with Gasteiger partial charge in [0, 0.05) is 18.5 Å². The summed E-state index contributed by atoms with van der Waals surface area (Å²) in [6.45, 7) is 1.71. The van der Waals surface area contributed by atoms with Gasteiger partial charge in [0.2, 0.25) is 5.91 Å². The summed E-state index contributed by atoms with van der Waals surface area (Å²) in [5.41, 5.74) is 0.130. The van der Waals surface area contributed by atoms with Gasteiger partial charge in [0.1, 0.15) is 0 Å². The maximum Gasteiger partial charge on any atom is 0.416 e. The summed E-state index contributed by atoms with van der Waals surface area (Å²) < 4.78 is 48.9. The van der Waals surface area contributed by atoms with Crippen molar-refractivity contribution in [2.75, 3.05) is 13.7 Å². The van der Waals surface area contributed by atoms with Crippen molar-refractivity contribution in [1.29, 1.82) is 0 Å². The van der Waals surface area contributed by atoms with Gasteiger partial charge in [0.15, 0.2) is 17.3 Å². The third-order valence-electron chi connectivity index (χ3n) is 4.12. The Hall–Kier alpha value is -3.03. The van der Waals surface area contributed by atoms with Gasteiger partial charge in [-0.1, -0.05) is 12.1 Å². The molecule has 0 fully saturated rings. The number of hydrogen-bond donors (Lipinski definition) is 1. The highest BCUT2D eigenvalue weighted by Gasteiger charge is 2.30. The SMILES string of the molecule is COc1cc(C(C)=O)ccc1OCCCC(=O)NCc1cccc(C(F)(F)F)c1. The van der Waals surface area contributed by atoms with E-state index in [2.05, 4.69) is 5.32 Å². The van der Waals surface area contributed by atoms with Crippen LogP contribution < -0.4 is 14.8 Å². The number of ether oxygens (including phenoxy) is 2. The van der Waals surface area contributed by atoms with Crippen LogP contribution >= 0.6 is 0 Å². The molecule has 0 aromatic heterocycles. The lowest BCUT2D eigenvalue weighted by Gasteiger charge is -2.12. The number of alkyl halides is 3. The van der Waals surface area contributed by atoms with Crippen LogP contribution in [0.2, 0.25) is 0 Å². The van der Waals surface area contributed by atoms with E-state index in [9.17, 15) is 22.8 Å². The highest BCUT2D eigenvalue weighted by Crippen LogP contribution is 2.30. The van der Waals surface area contributed by atoms with Crippen LogP contribution in [-0.2, 0) is 17.5 Å². The van der Waals surface area contributed by atoms with Gasteiger partial charge in [-0.25, -0.2) is 0 Å². The Labute approximate surface area is 166 Å². The average molecular weight is 409 g/mol. The van der Waals surface area contributed by atoms with Gasteiger partial charge in [-0.2, -0.15) is 13.2 Å². The maximum absolute atomic E-state index is 12.7. The molecule has 156 valence electrons. The second kappa shape index (κ2) is 9.95. The molecule has 0 saturated heterocycles. The average Bonchev–Trinajstić information content (AvgIpc) is 2.69. The number of rotatable bonds is 9. The fourth-order valence-corrected chi connectivity index (χ4v) is 2.57. The molecule has 0 aliphatic rings. The van der Waals surface area contributed by atoms with E-state index in [1.165, 1.54) is 26.2 Å². The topological polar surface area (TPSA) is 64.6 Å². The third-order valence-corrected chi connectivity index (χ3v) is 4.12. The molecule has 1 N–H and O–H groups in total. The standard InChI is InChI=1S/C21H22F3NO4/c1-14(26)16-8-9-18(19(12-16)28-2)29-10-4-7-20(27)25-13-15-5-3-6-17(11-15)21(22,23)24/h3,5-6,8-9,11-12H,4,7,10,13H2,1-2H3,(H,25,27). The molecular formula is C21H22F3NO4. The molecule has 8 heteroatoms. The van der Waals surface area contributed by atoms with Crippen LogP contribution in [-0.4, -0.2) is 25.4 Å². The number of carbonyl (C=O) groups excluding carboxylic acids is 2. The van der Waals surface area contributed by atoms with Crippen molar-refractivity contribution < 1.29 is 32.2 Å². The molecule has 29 heavy (non-hydrogen) atoms. The molecule has 0 atom stereocenters. The smallest absolute Gasteiger partial charge is 0.416 e. The quantitative estimate of drug-likeness (QED) is 0.493. The Bertz CT molecular complexity index is 865. The van der Waals surface area contributed by atoms with Crippen LogP contribution in [0.25, 0.3) is 0 Å². The predicted molar refractivity (Wildman–Crippen MR) is 101 cm³/mol. The van der Waals surface area contributed by atoms with Gasteiger partial charge in [0.05, 0.1) is 19.3 Å². The first-order valence-electron chi connectivity index (χ1n) is 8.95. The molecule has 2 aromatic carbocycles. The van der Waals surface area contributed by atoms with Crippen molar-refractivity contribution in [2.45, 2.75) is 32.5 Å². The summed E-state index contributed by atoms with van der Waals surface area (Å²) >= 11 is 0. The third kappa shape index (κ3) is 6.81. The molecule has 0 spiro atoms. The van der Waals surface area contributed by atoms with E-state index >= 15 is 0 Å². The number of halogens is 3. The Balaban J connectivity index is 1.77. The van der Waals surface area contributed by atoms with Crippen molar-refractivity contribution >= 4 is 11.7 Å². The minimum absolute atomic E-state index is 0.0178. The number of ketones is 1. The second-order valence-corrected chi connectivity index (χ2v) is 6.35. The Morgan fingerprint density at radius 1 is 1.07 bits per heavy atom. The van der Waals surface area contributed by atoms with E-state index in [1.807, 2.05) is 0 Å². The first kappa shape index (κ1) is 22.3. The molecule has 0 unspecified atom stereocenters. The number of benzene rings is 2. The monoisotopic (exact) mass is 409 g/mol. The lowest BCUT2D eigenvalue weighted by atomic mass is 10.1. The van der Waals surface area contributed by atoms with Gasteiger partial charge in [-0.3, -0.25) is 9.59 Å². The normalized spacial score (nSPS) is 11.1. The van der Waals surface area contributed by atoms with Gasteiger partial charge in [-0.15, -0.1) is 0 Å². The molecule has 5 nitrogen and oxygen atoms in total. The van der Waals surface area contributed by atoms with Gasteiger partial charge in [0.25, 0.3) is 0 Å². The molecule has 2 aromatic rings. The van der Waals surface area contributed by atoms with Gasteiger partial charge >= 0.3 is 6.18 Å². The number of amides is 1. The molecule has 0 aliphatic carbocycles. The summed E-state index contributed by atoms with van der Waals surface area (Å²) in [6.07, 6.45) is -3.85. The number of carbonyl (C=O) groups is 2. The lowest BCUT2D eigenvalue weighted by molar-refractivity contribution is -0.137. The number of methoxy groups -OCH3 is 1. The molecular weight excluding hydrogens is 387 g/mol. The molecule has 0 bridgehead atoms. The van der Waals surface area contributed by atoms with Crippen LogP contribution in [0.15, 0.2) is 42.5 Å². The zero-order chi connectivity index (χ0) is 21.4. The van der Waals surface area contributed by atoms with Crippen LogP contribution in [0, 0.1) is 0 Å². The summed E-state index contributed by atoms with van der Waals surface area (Å²) in [4.78, 5) is 23.3. The molecule has 0 heterocycles. The fourth-order valence-electron chi connectivity index (χ4n) is 2.57. The Kier molecular flexibility index (Phi) is 7.64. The molecule has 0 aliphatic heterocycles. The second-order valence-electron chi connectivity index (χ2n) is 6.35. The van der Waals surface area contributed by atoms with Crippen molar-refractivity contribution in [1.82, 2.24) is 5.32 Å². The van der Waals surface area contributed by atoms with E-state index in [-0.39, 0.29) is 31.3 Å². The van der Waals surface area contributed by atoms with Crippen LogP contribution in [0.1, 0.15) is 41.3 Å². The minimum Gasteiger partial charge on any atom is -0.493 e. The van der Waals surface area contributed by atoms with Crippen molar-refractivity contribution in [3.63, 3.8) is 0 Å². The molecule has 0 radical (unpaired) electrons. The summed E-state index contributed by atoms with van der Waals surface area (Å²) in [7, 11) is 1.47. The van der Waals surface area contributed by atoms with Crippen molar-refractivity contribution in [3.05, 3.63) is 59.2 Å². The number of hydrogen-bond acceptors (Lipinski definition) is 4. The van der Waals surface area contributed by atoms with Gasteiger partial charge in [-0.05, 0) is 49.2 Å². The summed E-state index contributed by atoms with van der Waals surface area (Å²) in [5, 5.41) is 2.59. The van der Waals surface area contributed by atoms with Crippen molar-refractivity contribution in [3.8, 4) is 11.5 Å². The number of Topliss-reactive ketones (excluding diaryl/α,β-unsaturated/α-hetero) is 1. The lowest BCUT2D eigenvalue weighted by Crippen LogP contribution is -2.23. The van der Waals surface area contributed by atoms with Crippen molar-refractivity contribution in [2.24, 2.45) is 0 Å². The van der Waals surface area contributed by atoms with E-state index in [1.54, 1.807) is 18.2 Å². The first-order chi connectivity index (χ1) is 13.7. The maximum atomic E-state index is 12.7. The van der Waals surface area contributed by atoms with Crippen LogP contribution in [0.5, 0.6) is 11.5 Å². The number of nitrogens with one attached hydrogen (secondary N) is 1. The van der Waals surface area contributed by atoms with Crippen LogP contribution in [0.3, 0.4) is 0 Å². The predicted octanol–water partition coefficient (Wildman–Crippen LogP) is 4.39. The highest BCUT2D eigenvalue weighted by molar-refractivity contribution is 5.94. The Morgan fingerprint density at radius 2 is 1.83 bits per heavy atom. The fraction of sp³-hybridized carbons (Fsp3) is 0.333. The summed E-state index contributed by atoms with van der Waals surface area (Å²) in [5.74, 6) is 0.505. The van der Waals surface area contributed by atoms with Gasteiger partial charge < -0.3 is 14.8 Å². The van der Waals surface area contributed by atoms with E-state index < -0.39 is 11.7 Å².